The molecule has 0 saturated heterocycles. The molecule has 2 aromatic carbocycles. The van der Waals surface area contributed by atoms with Crippen molar-refractivity contribution in [2.75, 3.05) is 10.6 Å². The molecule has 4 nitrogen and oxygen atoms in total. The van der Waals surface area contributed by atoms with E-state index < -0.39 is 0 Å². The minimum atomic E-state index is -0.197. The average Bonchev–Trinajstić information content (AvgIpc) is 2.43. The van der Waals surface area contributed by atoms with E-state index in [1.54, 1.807) is 24.3 Å². The normalized spacial score (nSPS) is 9.90. The highest BCUT2D eigenvalue weighted by Gasteiger charge is 2.09. The van der Waals surface area contributed by atoms with Gasteiger partial charge in [0.05, 0.1) is 0 Å². The van der Waals surface area contributed by atoms with Crippen molar-refractivity contribution in [1.29, 1.82) is 0 Å². The van der Waals surface area contributed by atoms with E-state index in [2.05, 4.69) is 10.6 Å². The van der Waals surface area contributed by atoms with E-state index in [1.165, 1.54) is 0 Å². The predicted molar refractivity (Wildman–Crippen MR) is 80.0 cm³/mol. The van der Waals surface area contributed by atoms with Crippen LogP contribution in [0.1, 0.15) is 21.5 Å². The van der Waals surface area contributed by atoms with Crippen molar-refractivity contribution in [2.24, 2.45) is 0 Å². The van der Waals surface area contributed by atoms with Gasteiger partial charge in [0.2, 0.25) is 6.41 Å². The second-order valence-electron chi connectivity index (χ2n) is 4.56. The van der Waals surface area contributed by atoms with Gasteiger partial charge in [0.25, 0.3) is 5.91 Å². The first-order valence-electron chi connectivity index (χ1n) is 6.29. The van der Waals surface area contributed by atoms with Crippen LogP contribution in [0.4, 0.5) is 11.4 Å². The number of carbonyl (C=O) groups excluding carboxylic acids is 2. The van der Waals surface area contributed by atoms with E-state index in [0.29, 0.717) is 17.7 Å². The second-order valence-corrected chi connectivity index (χ2v) is 4.56. The summed E-state index contributed by atoms with van der Waals surface area (Å²) in [6.45, 7) is 3.90. The van der Waals surface area contributed by atoms with Crippen molar-refractivity contribution >= 4 is 23.7 Å². The van der Waals surface area contributed by atoms with Gasteiger partial charge >= 0.3 is 0 Å². The average molecular weight is 268 g/mol. The fourth-order valence-electron chi connectivity index (χ4n) is 2.02. The number of benzene rings is 2. The molecule has 20 heavy (non-hydrogen) atoms. The zero-order valence-electron chi connectivity index (χ0n) is 11.4. The molecule has 2 amide bonds. The Balaban J connectivity index is 2.24. The van der Waals surface area contributed by atoms with Crippen LogP contribution in [0, 0.1) is 13.8 Å². The molecule has 2 rings (SSSR count). The summed E-state index contributed by atoms with van der Waals surface area (Å²) < 4.78 is 0. The van der Waals surface area contributed by atoms with Gasteiger partial charge < -0.3 is 10.6 Å². The third-order valence-electron chi connectivity index (χ3n) is 3.07. The Morgan fingerprint density at radius 2 is 1.70 bits per heavy atom. The highest BCUT2D eigenvalue weighted by Crippen LogP contribution is 2.20. The first-order valence-corrected chi connectivity index (χ1v) is 6.29. The SMILES string of the molecule is Cc1cccc(C)c1NC(=O)c1cccc(NC=O)c1. The summed E-state index contributed by atoms with van der Waals surface area (Å²) in [7, 11) is 0. The third kappa shape index (κ3) is 3.03. The molecule has 0 saturated carbocycles. The number of hydrogen-bond donors (Lipinski definition) is 2. The molecule has 0 aliphatic carbocycles. The maximum Gasteiger partial charge on any atom is 0.255 e. The Morgan fingerprint density at radius 3 is 2.35 bits per heavy atom. The van der Waals surface area contributed by atoms with Crippen LogP contribution in [-0.2, 0) is 4.79 Å². The summed E-state index contributed by atoms with van der Waals surface area (Å²) in [6, 6.07) is 12.7. The van der Waals surface area contributed by atoms with Gasteiger partial charge in [-0.15, -0.1) is 0 Å². The fourth-order valence-corrected chi connectivity index (χ4v) is 2.02. The van der Waals surface area contributed by atoms with Crippen LogP contribution in [0.2, 0.25) is 0 Å². The Hall–Kier alpha value is -2.62. The van der Waals surface area contributed by atoms with Crippen LogP contribution in [-0.4, -0.2) is 12.3 Å². The molecule has 2 N–H and O–H groups in total. The van der Waals surface area contributed by atoms with Gasteiger partial charge in [-0.25, -0.2) is 0 Å². The zero-order chi connectivity index (χ0) is 14.5. The number of nitrogens with one attached hydrogen (secondary N) is 2. The van der Waals surface area contributed by atoms with Gasteiger partial charge in [0, 0.05) is 16.9 Å². The van der Waals surface area contributed by atoms with Crippen molar-refractivity contribution in [3.05, 3.63) is 59.2 Å². The molecule has 0 aliphatic heterocycles. The summed E-state index contributed by atoms with van der Waals surface area (Å²) in [5.41, 5.74) is 3.95. The van der Waals surface area contributed by atoms with E-state index in [9.17, 15) is 9.59 Å². The van der Waals surface area contributed by atoms with Gasteiger partial charge in [-0.1, -0.05) is 24.3 Å². The quantitative estimate of drug-likeness (QED) is 0.837. The second kappa shape index (κ2) is 6.02. The topological polar surface area (TPSA) is 58.2 Å². The van der Waals surface area contributed by atoms with Crippen molar-refractivity contribution in [2.45, 2.75) is 13.8 Å². The Labute approximate surface area is 117 Å². The summed E-state index contributed by atoms with van der Waals surface area (Å²) in [4.78, 5) is 22.7. The smallest absolute Gasteiger partial charge is 0.255 e. The minimum Gasteiger partial charge on any atom is -0.329 e. The first-order chi connectivity index (χ1) is 9.61. The van der Waals surface area contributed by atoms with Crippen LogP contribution in [0.3, 0.4) is 0 Å². The van der Waals surface area contributed by atoms with Crippen LogP contribution in [0.15, 0.2) is 42.5 Å². The molecule has 2 aromatic rings. The van der Waals surface area contributed by atoms with Crippen molar-refractivity contribution < 1.29 is 9.59 Å². The summed E-state index contributed by atoms with van der Waals surface area (Å²) in [5, 5.41) is 5.44. The van der Waals surface area contributed by atoms with Crippen LogP contribution in [0.25, 0.3) is 0 Å². The van der Waals surface area contributed by atoms with Gasteiger partial charge in [-0.3, -0.25) is 9.59 Å². The molecule has 0 aromatic heterocycles. The van der Waals surface area contributed by atoms with E-state index in [-0.39, 0.29) is 5.91 Å². The number of amides is 2. The van der Waals surface area contributed by atoms with Crippen LogP contribution >= 0.6 is 0 Å². The van der Waals surface area contributed by atoms with E-state index >= 15 is 0 Å². The molecule has 0 bridgehead atoms. The molecule has 4 heteroatoms. The molecule has 0 atom stereocenters. The molecule has 0 heterocycles. The zero-order valence-corrected chi connectivity index (χ0v) is 11.4. The number of hydrogen-bond acceptors (Lipinski definition) is 2. The maximum atomic E-state index is 12.2. The minimum absolute atomic E-state index is 0.197. The Kier molecular flexibility index (Phi) is 4.15. The molecule has 102 valence electrons. The highest BCUT2D eigenvalue weighted by atomic mass is 16.1. The molecule has 0 aliphatic rings. The number of para-hydroxylation sites is 1. The molecule has 0 unspecified atom stereocenters. The summed E-state index contributed by atoms with van der Waals surface area (Å²) in [6.07, 6.45) is 0.586. The lowest BCUT2D eigenvalue weighted by molar-refractivity contribution is -0.105. The number of aryl methyl sites for hydroxylation is 2. The van der Waals surface area contributed by atoms with Gasteiger partial charge in [0.1, 0.15) is 0 Å². The molecular weight excluding hydrogens is 252 g/mol. The fraction of sp³-hybridized carbons (Fsp3) is 0.125. The van der Waals surface area contributed by atoms with Crippen LogP contribution in [0.5, 0.6) is 0 Å². The molecule has 0 radical (unpaired) electrons. The molecular formula is C16H16N2O2. The third-order valence-corrected chi connectivity index (χ3v) is 3.07. The largest absolute Gasteiger partial charge is 0.329 e. The van der Waals surface area contributed by atoms with Crippen LogP contribution < -0.4 is 10.6 Å². The van der Waals surface area contributed by atoms with Gasteiger partial charge in [0.15, 0.2) is 0 Å². The lowest BCUT2D eigenvalue weighted by Crippen LogP contribution is -2.14. The molecule has 0 fully saturated rings. The Morgan fingerprint density at radius 1 is 1.05 bits per heavy atom. The summed E-state index contributed by atoms with van der Waals surface area (Å²) in [5.74, 6) is -0.197. The van der Waals surface area contributed by atoms with Gasteiger partial charge in [-0.2, -0.15) is 0 Å². The van der Waals surface area contributed by atoms with E-state index in [1.807, 2.05) is 32.0 Å². The van der Waals surface area contributed by atoms with E-state index in [4.69, 9.17) is 0 Å². The predicted octanol–water partition coefficient (Wildman–Crippen LogP) is 3.12. The van der Waals surface area contributed by atoms with Crippen molar-refractivity contribution in [3.8, 4) is 0 Å². The summed E-state index contributed by atoms with van der Waals surface area (Å²) >= 11 is 0. The lowest BCUT2D eigenvalue weighted by Gasteiger charge is -2.11. The number of anilines is 2. The maximum absolute atomic E-state index is 12.2. The lowest BCUT2D eigenvalue weighted by atomic mass is 10.1. The van der Waals surface area contributed by atoms with Crippen molar-refractivity contribution in [3.63, 3.8) is 0 Å². The number of rotatable bonds is 4. The Bertz CT molecular complexity index is 630. The monoisotopic (exact) mass is 268 g/mol. The standard InChI is InChI=1S/C16H16N2O2/c1-11-5-3-6-12(2)15(11)18-16(20)13-7-4-8-14(9-13)17-10-19/h3-10H,1-2H3,(H,17,19)(H,18,20). The molecule has 0 spiro atoms. The first kappa shape index (κ1) is 13.8. The number of carbonyl (C=O) groups is 2. The van der Waals surface area contributed by atoms with Gasteiger partial charge in [-0.05, 0) is 43.2 Å². The highest BCUT2D eigenvalue weighted by molar-refractivity contribution is 6.05. The van der Waals surface area contributed by atoms with E-state index in [0.717, 1.165) is 16.8 Å². The van der Waals surface area contributed by atoms with Crippen molar-refractivity contribution in [1.82, 2.24) is 0 Å².